The largest absolute Gasteiger partial charge is 0.309 e. The molecule has 0 amide bonds. The fourth-order valence-corrected chi connectivity index (χ4v) is 9.05. The average molecular weight is 875 g/mol. The van der Waals surface area contributed by atoms with E-state index in [1.165, 1.54) is 0 Å². The van der Waals surface area contributed by atoms with Crippen LogP contribution in [-0.2, 0) is 0 Å². The van der Waals surface area contributed by atoms with E-state index in [9.17, 15) is 0 Å². The Morgan fingerprint density at radius 3 is 0.985 bits per heavy atom. The molecule has 0 unspecified atom stereocenters. The highest BCUT2D eigenvalue weighted by Gasteiger charge is 2.21. The summed E-state index contributed by atoms with van der Waals surface area (Å²) in [4.78, 5) is 24.7. The van der Waals surface area contributed by atoms with Crippen molar-refractivity contribution in [3.63, 3.8) is 0 Å². The Bertz CT molecular complexity index is 3380. The lowest BCUT2D eigenvalue weighted by atomic mass is 10.0. The van der Waals surface area contributed by atoms with Crippen molar-refractivity contribution in [2.24, 2.45) is 0 Å². The van der Waals surface area contributed by atoms with Crippen molar-refractivity contribution in [2.45, 2.75) is 0 Å². The Hall–Kier alpha value is -9.40. The number of hydrogen-bond acceptors (Lipinski definition) is 6. The van der Waals surface area contributed by atoms with Gasteiger partial charge in [-0.2, -0.15) is 0 Å². The van der Waals surface area contributed by atoms with Crippen molar-refractivity contribution >= 4 is 45.4 Å². The van der Waals surface area contributed by atoms with Crippen molar-refractivity contribution < 1.29 is 0 Å². The van der Waals surface area contributed by atoms with Gasteiger partial charge in [0.15, 0.2) is 0 Å². The molecule has 12 rings (SSSR count). The highest BCUT2D eigenvalue weighted by atomic mass is 15.2. The van der Waals surface area contributed by atoms with E-state index in [4.69, 9.17) is 19.9 Å². The lowest BCUT2D eigenvalue weighted by molar-refractivity contribution is 1.16. The summed E-state index contributed by atoms with van der Waals surface area (Å²) in [5.41, 5.74) is 17.5. The van der Waals surface area contributed by atoms with Crippen LogP contribution in [0, 0.1) is 0 Å². The highest BCUT2D eigenvalue weighted by Crippen LogP contribution is 2.40. The second-order valence-electron chi connectivity index (χ2n) is 16.4. The lowest BCUT2D eigenvalue weighted by Gasteiger charge is -2.26. The molecule has 322 valence electrons. The summed E-state index contributed by atoms with van der Waals surface area (Å²) in [5.74, 6) is 0. The summed E-state index contributed by atoms with van der Waals surface area (Å²) in [7, 11) is 0. The summed E-state index contributed by atoms with van der Waals surface area (Å²) in [6.07, 6.45) is 8.00. The summed E-state index contributed by atoms with van der Waals surface area (Å²) in [6, 6.07) is 79.6. The molecule has 6 heterocycles. The molecule has 6 aromatic heterocycles. The molecule has 0 N–H and O–H groups in total. The molecule has 0 aliphatic carbocycles. The molecule has 8 nitrogen and oxygen atoms in total. The first kappa shape index (κ1) is 40.1. The summed E-state index contributed by atoms with van der Waals surface area (Å²) in [6.45, 7) is 0. The number of fused-ring (bicyclic) bond motifs is 2. The molecule has 0 radical (unpaired) electrons. The smallest absolute Gasteiger partial charge is 0.137 e. The molecule has 6 aromatic carbocycles. The van der Waals surface area contributed by atoms with Crippen LogP contribution in [-0.4, -0.2) is 28.7 Å². The zero-order chi connectivity index (χ0) is 45.2. The Morgan fingerprint density at radius 1 is 0.279 bits per heavy atom. The number of benzene rings is 6. The third-order valence-corrected chi connectivity index (χ3v) is 12.3. The third-order valence-electron chi connectivity index (χ3n) is 12.3. The summed E-state index contributed by atoms with van der Waals surface area (Å²) >= 11 is 0. The predicted octanol–water partition coefficient (Wildman–Crippen LogP) is 15.0. The zero-order valence-electron chi connectivity index (χ0n) is 36.8. The maximum atomic E-state index is 5.09. The molecule has 68 heavy (non-hydrogen) atoms. The van der Waals surface area contributed by atoms with Crippen molar-refractivity contribution in [2.75, 3.05) is 9.80 Å². The molecule has 8 heteroatoms. The topological polar surface area (TPSA) is 66.9 Å². The first-order valence-electron chi connectivity index (χ1n) is 22.6. The molecule has 0 spiro atoms. The number of nitrogens with zero attached hydrogens (tertiary/aromatic N) is 8. The Balaban J connectivity index is 0.845. The van der Waals surface area contributed by atoms with Crippen LogP contribution in [0.5, 0.6) is 0 Å². The Kier molecular flexibility index (Phi) is 10.3. The standard InChI is InChI=1S/C60H42N8/c1-5-17-45(18-6-1)57-59(65-39-15-13-25-55(65)63-57)53-37-35-51(41-61-53)67(47-21-9-3-10-22-47)49-31-27-43(28-32-49)44-29-33-50(34-30-44)68(48-23-11-4-12-24-48)52-36-38-54(62-42-52)60-58(46-19-7-2-8-20-46)64-56-26-14-16-40-66(56)60/h1-42H. The van der Waals surface area contributed by atoms with E-state index in [1.807, 2.05) is 110 Å². The van der Waals surface area contributed by atoms with E-state index in [0.717, 1.165) is 102 Å². The van der Waals surface area contributed by atoms with Gasteiger partial charge in [0.1, 0.15) is 11.3 Å². The van der Waals surface area contributed by atoms with Crippen LogP contribution in [0.15, 0.2) is 255 Å². The number of hydrogen-bond donors (Lipinski definition) is 0. The van der Waals surface area contributed by atoms with Gasteiger partial charge in [0, 0.05) is 46.3 Å². The molecule has 0 bridgehead atoms. The second kappa shape index (κ2) is 17.5. The van der Waals surface area contributed by atoms with Crippen LogP contribution in [0.2, 0.25) is 0 Å². The molecule has 0 saturated heterocycles. The monoisotopic (exact) mass is 874 g/mol. The van der Waals surface area contributed by atoms with Gasteiger partial charge in [0.25, 0.3) is 0 Å². The first-order valence-corrected chi connectivity index (χ1v) is 22.6. The van der Waals surface area contributed by atoms with E-state index in [0.29, 0.717) is 0 Å². The molecule has 0 aliphatic heterocycles. The first-order chi connectivity index (χ1) is 33.7. The molecule has 12 aromatic rings. The minimum Gasteiger partial charge on any atom is -0.309 e. The fraction of sp³-hybridized carbons (Fsp3) is 0. The number of anilines is 6. The number of imidazole rings is 2. The number of para-hydroxylation sites is 2. The van der Waals surface area contributed by atoms with Crippen LogP contribution in [0.1, 0.15) is 0 Å². The van der Waals surface area contributed by atoms with Gasteiger partial charge in [-0.15, -0.1) is 0 Å². The van der Waals surface area contributed by atoms with Crippen molar-refractivity contribution in [3.8, 4) is 56.4 Å². The maximum Gasteiger partial charge on any atom is 0.137 e. The van der Waals surface area contributed by atoms with E-state index in [2.05, 4.69) is 164 Å². The van der Waals surface area contributed by atoms with Crippen molar-refractivity contribution in [1.82, 2.24) is 28.7 Å². The number of aromatic nitrogens is 6. The van der Waals surface area contributed by atoms with Crippen LogP contribution < -0.4 is 9.80 Å². The van der Waals surface area contributed by atoms with Crippen LogP contribution in [0.25, 0.3) is 67.7 Å². The van der Waals surface area contributed by atoms with Gasteiger partial charge in [0.2, 0.25) is 0 Å². The minimum absolute atomic E-state index is 0.845. The maximum absolute atomic E-state index is 5.09. The highest BCUT2D eigenvalue weighted by molar-refractivity contribution is 5.85. The van der Waals surface area contributed by atoms with E-state index < -0.39 is 0 Å². The average Bonchev–Trinajstić information content (AvgIpc) is 4.01. The summed E-state index contributed by atoms with van der Waals surface area (Å²) < 4.78 is 4.23. The zero-order valence-corrected chi connectivity index (χ0v) is 36.8. The van der Waals surface area contributed by atoms with Crippen molar-refractivity contribution in [1.29, 1.82) is 0 Å². The molecular formula is C60H42N8. The van der Waals surface area contributed by atoms with E-state index >= 15 is 0 Å². The van der Waals surface area contributed by atoms with Gasteiger partial charge in [-0.1, -0.05) is 133 Å². The van der Waals surface area contributed by atoms with Crippen molar-refractivity contribution in [3.05, 3.63) is 255 Å². The molecular weight excluding hydrogens is 833 g/mol. The van der Waals surface area contributed by atoms with Crippen LogP contribution in [0.4, 0.5) is 34.1 Å². The molecule has 0 saturated carbocycles. The van der Waals surface area contributed by atoms with Gasteiger partial charge in [0.05, 0.1) is 57.9 Å². The quantitative estimate of drug-likeness (QED) is 0.129. The summed E-state index contributed by atoms with van der Waals surface area (Å²) in [5, 5.41) is 0. The molecule has 0 aliphatic rings. The lowest BCUT2D eigenvalue weighted by Crippen LogP contribution is -2.10. The van der Waals surface area contributed by atoms with E-state index in [-0.39, 0.29) is 0 Å². The Morgan fingerprint density at radius 2 is 0.618 bits per heavy atom. The molecule has 0 fully saturated rings. The SMILES string of the molecule is c1ccc(-c2nc3ccccn3c2-c2ccc(N(c3ccccc3)c3ccc(-c4ccc(N(c5ccccc5)c5ccc(-c6c(-c7ccccc7)nc7ccccn67)nc5)cc4)cc3)cn2)cc1. The normalized spacial score (nSPS) is 11.2. The van der Waals surface area contributed by atoms with Gasteiger partial charge >= 0.3 is 0 Å². The predicted molar refractivity (Wildman–Crippen MR) is 276 cm³/mol. The number of rotatable bonds is 11. The van der Waals surface area contributed by atoms with Crippen LogP contribution >= 0.6 is 0 Å². The van der Waals surface area contributed by atoms with Crippen LogP contribution in [0.3, 0.4) is 0 Å². The van der Waals surface area contributed by atoms with Gasteiger partial charge in [-0.25, -0.2) is 9.97 Å². The van der Waals surface area contributed by atoms with Gasteiger partial charge < -0.3 is 9.80 Å². The second-order valence-corrected chi connectivity index (χ2v) is 16.4. The Labute approximate surface area is 394 Å². The van der Waals surface area contributed by atoms with Gasteiger partial charge in [-0.05, 0) is 108 Å². The van der Waals surface area contributed by atoms with Gasteiger partial charge in [-0.3, -0.25) is 18.8 Å². The van der Waals surface area contributed by atoms with E-state index in [1.54, 1.807) is 0 Å². The number of pyridine rings is 4. The molecule has 0 atom stereocenters. The minimum atomic E-state index is 0.845. The third kappa shape index (κ3) is 7.51. The fourth-order valence-electron chi connectivity index (χ4n) is 9.05.